The second-order valence-corrected chi connectivity index (χ2v) is 15.1. The van der Waals surface area contributed by atoms with E-state index in [1.807, 2.05) is 34.6 Å². The lowest BCUT2D eigenvalue weighted by Gasteiger charge is -2.73. The maximum absolute atomic E-state index is 13.4. The lowest BCUT2D eigenvalue weighted by Crippen LogP contribution is -2.73. The van der Waals surface area contributed by atoms with Crippen molar-refractivity contribution in [1.82, 2.24) is 0 Å². The number of carbonyl (C=O) groups is 2. The Bertz CT molecular complexity index is 1060. The third-order valence-electron chi connectivity index (χ3n) is 14.0. The van der Waals surface area contributed by atoms with Gasteiger partial charge in [-0.2, -0.15) is 0 Å². The van der Waals surface area contributed by atoms with Gasteiger partial charge in [-0.25, -0.2) is 0 Å². The van der Waals surface area contributed by atoms with Crippen LogP contribution in [0.1, 0.15) is 93.9 Å². The first-order valence-corrected chi connectivity index (χ1v) is 14.4. The number of carboxylic acids is 1. The Morgan fingerprint density at radius 2 is 1.59 bits per heavy atom. The number of carbonyl (C=O) groups excluding carboxylic acids is 1. The fourth-order valence-electron chi connectivity index (χ4n) is 11.0. The van der Waals surface area contributed by atoms with Crippen molar-refractivity contribution in [2.45, 2.75) is 112 Å². The number of aliphatic hydroxyl groups is 3. The van der Waals surface area contributed by atoms with E-state index in [-0.39, 0.29) is 29.5 Å². The van der Waals surface area contributed by atoms with Crippen LogP contribution in [0.2, 0.25) is 0 Å². The molecule has 0 aliphatic heterocycles. The molecule has 37 heavy (non-hydrogen) atoms. The van der Waals surface area contributed by atoms with Gasteiger partial charge in [0, 0.05) is 22.7 Å². The molecular formula is C31H48O6. The van der Waals surface area contributed by atoms with Gasteiger partial charge in [0.05, 0.1) is 17.1 Å². The number of allylic oxidation sites excluding steroid dienone is 1. The molecule has 0 aromatic rings. The molecule has 6 heteroatoms. The summed E-state index contributed by atoms with van der Waals surface area (Å²) < 4.78 is 0. The van der Waals surface area contributed by atoms with Gasteiger partial charge in [-0.1, -0.05) is 60.1 Å². The van der Waals surface area contributed by atoms with Gasteiger partial charge in [0.2, 0.25) is 0 Å². The number of aliphatic carboxylic acids is 1. The third-order valence-corrected chi connectivity index (χ3v) is 14.0. The molecule has 12 atom stereocenters. The van der Waals surface area contributed by atoms with Crippen LogP contribution in [0.5, 0.6) is 0 Å². The van der Waals surface area contributed by atoms with E-state index in [9.17, 15) is 30.0 Å². The Labute approximate surface area is 221 Å². The molecular weight excluding hydrogens is 468 g/mol. The van der Waals surface area contributed by atoms with E-state index in [0.29, 0.717) is 38.5 Å². The molecule has 208 valence electrons. The van der Waals surface area contributed by atoms with Crippen molar-refractivity contribution in [1.29, 1.82) is 0 Å². The highest BCUT2D eigenvalue weighted by Crippen LogP contribution is 2.76. The van der Waals surface area contributed by atoms with Gasteiger partial charge in [-0.3, -0.25) is 9.59 Å². The molecule has 0 aromatic carbocycles. The number of hydrogen-bond donors (Lipinski definition) is 4. The molecule has 5 aliphatic rings. The second kappa shape index (κ2) is 7.69. The predicted octanol–water partition coefficient (Wildman–Crippen LogP) is 4.60. The Morgan fingerprint density at radius 3 is 2.19 bits per heavy atom. The summed E-state index contributed by atoms with van der Waals surface area (Å²) in [6.07, 6.45) is 3.95. The number of aliphatic hydroxyl groups excluding tert-OH is 2. The van der Waals surface area contributed by atoms with E-state index >= 15 is 0 Å². The first-order chi connectivity index (χ1) is 16.9. The zero-order valence-electron chi connectivity index (χ0n) is 24.0. The second-order valence-electron chi connectivity index (χ2n) is 15.1. The lowest BCUT2D eigenvalue weighted by atomic mass is 9.31. The minimum absolute atomic E-state index is 0.0171. The largest absolute Gasteiger partial charge is 0.481 e. The molecule has 1 unspecified atom stereocenters. The number of carboxylic acid groups (broad SMARTS) is 1. The van der Waals surface area contributed by atoms with E-state index in [4.69, 9.17) is 0 Å². The van der Waals surface area contributed by atoms with Gasteiger partial charge in [0.15, 0.2) is 5.78 Å². The Balaban J connectivity index is 1.71. The third kappa shape index (κ3) is 2.88. The fourth-order valence-corrected chi connectivity index (χ4v) is 11.0. The molecule has 0 radical (unpaired) electrons. The summed E-state index contributed by atoms with van der Waals surface area (Å²) in [6.45, 7) is 16.3. The number of ketones is 1. The molecule has 0 saturated heterocycles. The standard InChI is InChI=1S/C31H48O6/c1-16-11-12-31(25(35)36)14-13-27(5)18(23(31)30(16,8)37)9-10-19-28(6)17(2)22(33)24(34)26(3,4)20(28)15-21(32)29(19,27)7/h9,16-17,19-21,23-24,32,34,37H,10-15H2,1-8H3,(H,35,36)/t16-,17-,19?,20+,21+,23-,24+,27-,28-,29+,30-,31+/m1/s1. The highest BCUT2D eigenvalue weighted by Gasteiger charge is 2.75. The van der Waals surface area contributed by atoms with Gasteiger partial charge < -0.3 is 20.4 Å². The van der Waals surface area contributed by atoms with Crippen LogP contribution in [-0.2, 0) is 9.59 Å². The average molecular weight is 517 g/mol. The Morgan fingerprint density at radius 1 is 0.973 bits per heavy atom. The van der Waals surface area contributed by atoms with Crippen LogP contribution in [0.25, 0.3) is 0 Å². The van der Waals surface area contributed by atoms with Crippen molar-refractivity contribution in [3.05, 3.63) is 11.6 Å². The van der Waals surface area contributed by atoms with E-state index < -0.39 is 56.8 Å². The van der Waals surface area contributed by atoms with Crippen LogP contribution in [-0.4, -0.2) is 50.0 Å². The van der Waals surface area contributed by atoms with E-state index in [1.54, 1.807) is 0 Å². The van der Waals surface area contributed by atoms with E-state index in [2.05, 4.69) is 26.8 Å². The van der Waals surface area contributed by atoms with Crippen molar-refractivity contribution in [3.63, 3.8) is 0 Å². The molecule has 4 fully saturated rings. The zero-order chi connectivity index (χ0) is 27.7. The van der Waals surface area contributed by atoms with Gasteiger partial charge in [-0.05, 0) is 74.0 Å². The molecule has 5 rings (SSSR count). The summed E-state index contributed by atoms with van der Waals surface area (Å²) in [5.74, 6) is -1.88. The molecule has 4 saturated carbocycles. The van der Waals surface area contributed by atoms with Crippen molar-refractivity contribution in [3.8, 4) is 0 Å². The minimum atomic E-state index is -1.17. The normalized spacial score (nSPS) is 56.8. The maximum atomic E-state index is 13.4. The number of Topliss-reactive ketones (excluding diaryl/α,β-unsaturated/α-hetero) is 1. The zero-order valence-corrected chi connectivity index (χ0v) is 24.0. The monoisotopic (exact) mass is 516 g/mol. The summed E-state index contributed by atoms with van der Waals surface area (Å²) >= 11 is 0. The van der Waals surface area contributed by atoms with E-state index in [0.717, 1.165) is 5.57 Å². The van der Waals surface area contributed by atoms with Crippen LogP contribution in [0.4, 0.5) is 0 Å². The number of fused-ring (bicyclic) bond motifs is 7. The molecule has 0 bridgehead atoms. The van der Waals surface area contributed by atoms with Crippen LogP contribution in [0, 0.1) is 56.7 Å². The van der Waals surface area contributed by atoms with Crippen LogP contribution < -0.4 is 0 Å². The molecule has 4 N–H and O–H groups in total. The number of hydrogen-bond acceptors (Lipinski definition) is 5. The van der Waals surface area contributed by atoms with Gasteiger partial charge >= 0.3 is 5.97 Å². The highest BCUT2D eigenvalue weighted by atomic mass is 16.4. The smallest absolute Gasteiger partial charge is 0.310 e. The Hall–Kier alpha value is -1.24. The Kier molecular flexibility index (Phi) is 5.68. The molecule has 5 aliphatic carbocycles. The molecule has 0 spiro atoms. The van der Waals surface area contributed by atoms with E-state index in [1.165, 1.54) is 0 Å². The van der Waals surface area contributed by atoms with Gasteiger partial charge in [0.25, 0.3) is 0 Å². The fraction of sp³-hybridized carbons (Fsp3) is 0.871. The first kappa shape index (κ1) is 27.3. The van der Waals surface area contributed by atoms with Crippen molar-refractivity contribution >= 4 is 11.8 Å². The average Bonchev–Trinajstić information content (AvgIpc) is 2.82. The van der Waals surface area contributed by atoms with Crippen molar-refractivity contribution in [2.75, 3.05) is 0 Å². The summed E-state index contributed by atoms with van der Waals surface area (Å²) in [7, 11) is 0. The summed E-state index contributed by atoms with van der Waals surface area (Å²) in [4.78, 5) is 26.3. The van der Waals surface area contributed by atoms with Gasteiger partial charge in [-0.15, -0.1) is 0 Å². The van der Waals surface area contributed by atoms with Crippen molar-refractivity contribution < 1.29 is 30.0 Å². The molecule has 0 aromatic heterocycles. The van der Waals surface area contributed by atoms with Crippen LogP contribution >= 0.6 is 0 Å². The number of rotatable bonds is 1. The van der Waals surface area contributed by atoms with Crippen LogP contribution in [0.15, 0.2) is 11.6 Å². The topological polar surface area (TPSA) is 115 Å². The van der Waals surface area contributed by atoms with Crippen LogP contribution in [0.3, 0.4) is 0 Å². The summed E-state index contributed by atoms with van der Waals surface area (Å²) in [5.41, 5.74) is -3.36. The predicted molar refractivity (Wildman–Crippen MR) is 140 cm³/mol. The molecule has 0 heterocycles. The highest BCUT2D eigenvalue weighted by molar-refractivity contribution is 5.87. The lowest BCUT2D eigenvalue weighted by molar-refractivity contribution is -0.256. The molecule has 0 amide bonds. The minimum Gasteiger partial charge on any atom is -0.481 e. The molecule has 6 nitrogen and oxygen atoms in total. The summed E-state index contributed by atoms with van der Waals surface area (Å²) in [5, 5.41) is 45.5. The maximum Gasteiger partial charge on any atom is 0.310 e. The first-order valence-electron chi connectivity index (χ1n) is 14.4. The van der Waals surface area contributed by atoms with Crippen molar-refractivity contribution in [2.24, 2.45) is 56.7 Å². The quantitative estimate of drug-likeness (QED) is 0.379. The summed E-state index contributed by atoms with van der Waals surface area (Å²) in [6, 6.07) is 0. The SMILES string of the molecule is C[C@@H]1CC[C@]2(C(=O)O)CC[C@]3(C)C(=CCC4[C@@]5(C)[C@H](C)C(=O)[C@H](O)C(C)(C)[C@@H]5C[C@H](O)[C@]43C)[C@@H]2[C@]1(C)O. The van der Waals surface area contributed by atoms with Gasteiger partial charge in [0.1, 0.15) is 6.10 Å².